The van der Waals surface area contributed by atoms with Gasteiger partial charge in [0.15, 0.2) is 10.1 Å². The maximum atomic E-state index is 11.7. The predicted molar refractivity (Wildman–Crippen MR) is 64.0 cm³/mol. The fourth-order valence-electron chi connectivity index (χ4n) is 1.01. The normalized spacial score (nSPS) is 10.5. The maximum Gasteiger partial charge on any atom is 0.183 e. The Labute approximate surface area is 99.6 Å². The molecule has 2 aromatic heterocycles. The van der Waals surface area contributed by atoms with Gasteiger partial charge in [-0.2, -0.15) is 0 Å². The molecule has 0 aliphatic carbocycles. The number of thiophene rings is 1. The number of hydrogen-bond donors (Lipinski definition) is 0. The van der Waals surface area contributed by atoms with Crippen molar-refractivity contribution in [2.75, 3.05) is 5.75 Å². The highest BCUT2D eigenvalue weighted by Gasteiger charge is 2.09. The quantitative estimate of drug-likeness (QED) is 0.623. The van der Waals surface area contributed by atoms with E-state index in [2.05, 4.69) is 10.2 Å². The smallest absolute Gasteiger partial charge is 0.183 e. The molecule has 0 unspecified atom stereocenters. The molecule has 2 heterocycles. The zero-order chi connectivity index (χ0) is 10.7. The van der Waals surface area contributed by atoms with Crippen molar-refractivity contribution in [2.45, 2.75) is 11.3 Å². The molecule has 2 rings (SSSR count). The van der Waals surface area contributed by atoms with Gasteiger partial charge in [-0.1, -0.05) is 23.1 Å². The molecule has 0 N–H and O–H groups in total. The van der Waals surface area contributed by atoms with Crippen LogP contribution in [0.1, 0.15) is 14.5 Å². The first kappa shape index (κ1) is 10.8. The van der Waals surface area contributed by atoms with Crippen molar-refractivity contribution in [3.63, 3.8) is 0 Å². The van der Waals surface area contributed by atoms with Gasteiger partial charge in [-0.05, 0) is 19.1 Å². The first-order valence-electron chi connectivity index (χ1n) is 4.24. The number of thioether (sulfide) groups is 1. The van der Waals surface area contributed by atoms with E-state index in [0.29, 0.717) is 5.75 Å². The van der Waals surface area contributed by atoms with Crippen molar-refractivity contribution in [3.05, 3.63) is 27.4 Å². The summed E-state index contributed by atoms with van der Waals surface area (Å²) in [5.74, 6) is 0.600. The Morgan fingerprint density at radius 3 is 3.00 bits per heavy atom. The van der Waals surface area contributed by atoms with Crippen LogP contribution in [-0.4, -0.2) is 21.7 Å². The Bertz CT molecular complexity index is 450. The first-order valence-corrected chi connectivity index (χ1v) is 6.92. The van der Waals surface area contributed by atoms with Crippen LogP contribution >= 0.6 is 34.4 Å². The van der Waals surface area contributed by atoms with Crippen LogP contribution in [0.15, 0.2) is 22.0 Å². The molecule has 0 fully saturated rings. The Morgan fingerprint density at radius 1 is 1.53 bits per heavy atom. The highest BCUT2D eigenvalue weighted by molar-refractivity contribution is 8.01. The van der Waals surface area contributed by atoms with Crippen LogP contribution in [0.4, 0.5) is 0 Å². The van der Waals surface area contributed by atoms with Crippen molar-refractivity contribution in [1.82, 2.24) is 10.2 Å². The zero-order valence-corrected chi connectivity index (χ0v) is 10.4. The highest BCUT2D eigenvalue weighted by Crippen LogP contribution is 2.22. The third-order valence-corrected chi connectivity index (χ3v) is 4.58. The Morgan fingerprint density at radius 2 is 2.40 bits per heavy atom. The van der Waals surface area contributed by atoms with Crippen LogP contribution in [0.2, 0.25) is 0 Å². The molecule has 0 aliphatic rings. The van der Waals surface area contributed by atoms with E-state index in [1.54, 1.807) is 5.51 Å². The van der Waals surface area contributed by atoms with E-state index in [9.17, 15) is 4.79 Å². The van der Waals surface area contributed by atoms with Crippen molar-refractivity contribution in [3.8, 4) is 0 Å². The molecular weight excluding hydrogens is 248 g/mol. The van der Waals surface area contributed by atoms with Crippen LogP contribution in [0.3, 0.4) is 0 Å². The van der Waals surface area contributed by atoms with Crippen LogP contribution in [0.5, 0.6) is 0 Å². The molecular formula is C9H8N2OS3. The van der Waals surface area contributed by atoms with Crippen LogP contribution in [0.25, 0.3) is 0 Å². The number of ketones is 1. The fourth-order valence-corrected chi connectivity index (χ4v) is 3.28. The molecule has 0 amide bonds. The molecule has 0 radical (unpaired) electrons. The van der Waals surface area contributed by atoms with Crippen molar-refractivity contribution < 1.29 is 4.79 Å². The van der Waals surface area contributed by atoms with E-state index in [1.807, 2.05) is 19.1 Å². The van der Waals surface area contributed by atoms with E-state index >= 15 is 0 Å². The van der Waals surface area contributed by atoms with E-state index < -0.39 is 0 Å². The van der Waals surface area contributed by atoms with Gasteiger partial charge in [-0.15, -0.1) is 21.5 Å². The van der Waals surface area contributed by atoms with Gasteiger partial charge < -0.3 is 0 Å². The summed E-state index contributed by atoms with van der Waals surface area (Å²) in [7, 11) is 0. The minimum atomic E-state index is 0.160. The average molecular weight is 256 g/mol. The van der Waals surface area contributed by atoms with Gasteiger partial charge in [-0.3, -0.25) is 4.79 Å². The molecule has 0 saturated heterocycles. The highest BCUT2D eigenvalue weighted by atomic mass is 32.2. The molecule has 0 aliphatic heterocycles. The van der Waals surface area contributed by atoms with E-state index in [-0.39, 0.29) is 5.78 Å². The molecule has 15 heavy (non-hydrogen) atoms. The number of aromatic nitrogens is 2. The molecule has 0 spiro atoms. The Hall–Kier alpha value is -0.720. The summed E-state index contributed by atoms with van der Waals surface area (Å²) in [6.45, 7) is 2.00. The SMILES string of the molecule is Cc1ccc(C(=O)CSc2nncs2)s1. The second-order valence-corrected chi connectivity index (χ2v) is 6.17. The largest absolute Gasteiger partial charge is 0.292 e. The summed E-state index contributed by atoms with van der Waals surface area (Å²) < 4.78 is 0.844. The number of hydrogen-bond acceptors (Lipinski definition) is 6. The first-order chi connectivity index (χ1) is 7.25. The fraction of sp³-hybridized carbons (Fsp3) is 0.222. The van der Waals surface area contributed by atoms with E-state index in [1.165, 1.54) is 39.3 Å². The summed E-state index contributed by atoms with van der Waals surface area (Å²) in [6, 6.07) is 3.84. The minimum Gasteiger partial charge on any atom is -0.292 e. The lowest BCUT2D eigenvalue weighted by Crippen LogP contribution is -1.98. The molecule has 0 saturated carbocycles. The number of carbonyl (C=O) groups excluding carboxylic acids is 1. The molecule has 0 bridgehead atoms. The second-order valence-electron chi connectivity index (χ2n) is 2.83. The molecule has 0 aromatic carbocycles. The summed E-state index contributed by atoms with van der Waals surface area (Å²) in [6.07, 6.45) is 0. The van der Waals surface area contributed by atoms with E-state index in [4.69, 9.17) is 0 Å². The molecule has 2 aromatic rings. The third kappa shape index (κ3) is 2.87. The lowest BCUT2D eigenvalue weighted by atomic mass is 10.3. The summed E-state index contributed by atoms with van der Waals surface area (Å²) >= 11 is 4.44. The number of rotatable bonds is 4. The van der Waals surface area contributed by atoms with Gasteiger partial charge >= 0.3 is 0 Å². The van der Waals surface area contributed by atoms with Crippen molar-refractivity contribution in [1.29, 1.82) is 0 Å². The third-order valence-electron chi connectivity index (χ3n) is 1.68. The summed E-state index contributed by atoms with van der Waals surface area (Å²) in [5.41, 5.74) is 1.67. The average Bonchev–Trinajstić information content (AvgIpc) is 2.84. The Balaban J connectivity index is 1.93. The second kappa shape index (κ2) is 4.87. The van der Waals surface area contributed by atoms with Crippen molar-refractivity contribution >= 4 is 40.2 Å². The van der Waals surface area contributed by atoms with E-state index in [0.717, 1.165) is 9.22 Å². The van der Waals surface area contributed by atoms with Crippen LogP contribution in [0, 0.1) is 6.92 Å². The number of carbonyl (C=O) groups is 1. The Kier molecular flexibility index (Phi) is 3.50. The van der Waals surface area contributed by atoms with Gasteiger partial charge in [0.25, 0.3) is 0 Å². The van der Waals surface area contributed by atoms with Crippen LogP contribution < -0.4 is 0 Å². The van der Waals surface area contributed by atoms with Gasteiger partial charge in [0.1, 0.15) is 5.51 Å². The number of Topliss-reactive ketones (excluding diaryl/α,β-unsaturated/α-hetero) is 1. The topological polar surface area (TPSA) is 42.9 Å². The molecule has 3 nitrogen and oxygen atoms in total. The zero-order valence-electron chi connectivity index (χ0n) is 7.97. The summed E-state index contributed by atoms with van der Waals surface area (Å²) in [5, 5.41) is 7.59. The van der Waals surface area contributed by atoms with Gasteiger partial charge in [-0.25, -0.2) is 0 Å². The minimum absolute atomic E-state index is 0.160. The lowest BCUT2D eigenvalue weighted by Gasteiger charge is -1.94. The lowest BCUT2D eigenvalue weighted by molar-refractivity contribution is 0.102. The molecule has 78 valence electrons. The predicted octanol–water partition coefficient (Wildman–Crippen LogP) is 2.88. The van der Waals surface area contributed by atoms with Crippen LogP contribution in [-0.2, 0) is 0 Å². The maximum absolute atomic E-state index is 11.7. The standard InChI is InChI=1S/C9H8N2OS3/c1-6-2-3-8(15-6)7(12)4-13-9-11-10-5-14-9/h2-3,5H,4H2,1H3. The number of aryl methyl sites for hydroxylation is 1. The monoisotopic (exact) mass is 256 g/mol. The van der Waals surface area contributed by atoms with Gasteiger partial charge in [0, 0.05) is 4.88 Å². The molecule has 6 heteroatoms. The molecule has 0 atom stereocenters. The number of nitrogens with zero attached hydrogens (tertiary/aromatic N) is 2. The summed E-state index contributed by atoms with van der Waals surface area (Å²) in [4.78, 5) is 13.7. The van der Waals surface area contributed by atoms with Gasteiger partial charge in [0.05, 0.1) is 10.6 Å². The van der Waals surface area contributed by atoms with Gasteiger partial charge in [0.2, 0.25) is 0 Å². The van der Waals surface area contributed by atoms with Crippen molar-refractivity contribution in [2.24, 2.45) is 0 Å².